The number of hydrogen-bond donors (Lipinski definition) is 1. The van der Waals surface area contributed by atoms with E-state index in [-0.39, 0.29) is 5.82 Å². The van der Waals surface area contributed by atoms with Crippen LogP contribution in [0.2, 0.25) is 0 Å². The second-order valence-corrected chi connectivity index (χ2v) is 5.17. The average molecular weight is 259 g/mol. The van der Waals surface area contributed by atoms with Crippen molar-refractivity contribution >= 4 is 0 Å². The van der Waals surface area contributed by atoms with Crippen molar-refractivity contribution in [2.75, 3.05) is 13.1 Å². The Morgan fingerprint density at radius 2 is 2.32 bits per heavy atom. The maximum atomic E-state index is 13.4. The van der Waals surface area contributed by atoms with Gasteiger partial charge in [-0.3, -0.25) is 0 Å². The van der Waals surface area contributed by atoms with Crippen LogP contribution < -0.4 is 5.32 Å². The van der Waals surface area contributed by atoms with Gasteiger partial charge in [-0.15, -0.1) is 0 Å². The van der Waals surface area contributed by atoms with Crippen molar-refractivity contribution in [2.45, 2.75) is 25.7 Å². The topological polar surface area (TPSA) is 29.9 Å². The number of hydrogen-bond acceptors (Lipinski definition) is 2. The lowest BCUT2D eigenvalue weighted by molar-refractivity contribution is 0.451. The van der Waals surface area contributed by atoms with Crippen LogP contribution in [-0.2, 0) is 0 Å². The van der Waals surface area contributed by atoms with Crippen LogP contribution in [0.3, 0.4) is 0 Å². The van der Waals surface area contributed by atoms with E-state index in [1.165, 1.54) is 24.6 Å². The SMILES string of the molecule is Cc1cc(-n2cncc2C2CCCNC2)ccc1F. The van der Waals surface area contributed by atoms with Gasteiger partial charge in [-0.05, 0) is 50.1 Å². The summed E-state index contributed by atoms with van der Waals surface area (Å²) in [5.74, 6) is 0.325. The van der Waals surface area contributed by atoms with Crippen LogP contribution in [0.5, 0.6) is 0 Å². The van der Waals surface area contributed by atoms with Gasteiger partial charge in [0, 0.05) is 30.0 Å². The number of benzene rings is 1. The van der Waals surface area contributed by atoms with E-state index >= 15 is 0 Å². The van der Waals surface area contributed by atoms with Crippen LogP contribution in [-0.4, -0.2) is 22.6 Å². The summed E-state index contributed by atoms with van der Waals surface area (Å²) in [6, 6.07) is 5.20. The molecule has 3 nitrogen and oxygen atoms in total. The molecule has 3 rings (SSSR count). The highest BCUT2D eigenvalue weighted by molar-refractivity contribution is 5.38. The quantitative estimate of drug-likeness (QED) is 0.898. The molecule has 1 aliphatic heterocycles. The summed E-state index contributed by atoms with van der Waals surface area (Å²) in [6.45, 7) is 3.88. The minimum atomic E-state index is -0.162. The van der Waals surface area contributed by atoms with Crippen molar-refractivity contribution in [3.63, 3.8) is 0 Å². The summed E-state index contributed by atoms with van der Waals surface area (Å²) >= 11 is 0. The molecule has 2 aromatic rings. The van der Waals surface area contributed by atoms with Gasteiger partial charge in [-0.2, -0.15) is 0 Å². The predicted octanol–water partition coefficient (Wildman–Crippen LogP) is 2.79. The van der Waals surface area contributed by atoms with Crippen molar-refractivity contribution in [2.24, 2.45) is 0 Å². The number of piperidine rings is 1. The van der Waals surface area contributed by atoms with Crippen LogP contribution in [0, 0.1) is 12.7 Å². The van der Waals surface area contributed by atoms with E-state index in [4.69, 9.17) is 0 Å². The van der Waals surface area contributed by atoms with Gasteiger partial charge in [0.15, 0.2) is 0 Å². The van der Waals surface area contributed by atoms with Crippen LogP contribution in [0.15, 0.2) is 30.7 Å². The summed E-state index contributed by atoms with van der Waals surface area (Å²) < 4.78 is 15.4. The van der Waals surface area contributed by atoms with E-state index in [0.29, 0.717) is 11.5 Å². The fourth-order valence-corrected chi connectivity index (χ4v) is 2.71. The van der Waals surface area contributed by atoms with E-state index in [0.717, 1.165) is 18.8 Å². The van der Waals surface area contributed by atoms with Gasteiger partial charge in [0.1, 0.15) is 5.82 Å². The largest absolute Gasteiger partial charge is 0.316 e. The smallest absolute Gasteiger partial charge is 0.126 e. The summed E-state index contributed by atoms with van der Waals surface area (Å²) in [5.41, 5.74) is 2.86. The number of rotatable bonds is 2. The van der Waals surface area contributed by atoms with Crippen molar-refractivity contribution in [1.29, 1.82) is 0 Å². The van der Waals surface area contributed by atoms with Gasteiger partial charge in [-0.25, -0.2) is 9.37 Å². The lowest BCUT2D eigenvalue weighted by Crippen LogP contribution is -2.29. The third-order valence-corrected chi connectivity index (χ3v) is 3.80. The third-order valence-electron chi connectivity index (χ3n) is 3.80. The fourth-order valence-electron chi connectivity index (χ4n) is 2.71. The van der Waals surface area contributed by atoms with Crippen molar-refractivity contribution in [3.8, 4) is 5.69 Å². The van der Waals surface area contributed by atoms with Gasteiger partial charge in [-0.1, -0.05) is 0 Å². The highest BCUT2D eigenvalue weighted by atomic mass is 19.1. The van der Waals surface area contributed by atoms with Crippen LogP contribution in [0.1, 0.15) is 30.0 Å². The Hall–Kier alpha value is -1.68. The fraction of sp³-hybridized carbons (Fsp3) is 0.400. The molecule has 0 bridgehead atoms. The van der Waals surface area contributed by atoms with Crippen molar-refractivity contribution in [3.05, 3.63) is 47.8 Å². The molecule has 0 aliphatic carbocycles. The number of aryl methyl sites for hydroxylation is 1. The van der Waals surface area contributed by atoms with Gasteiger partial charge in [0.25, 0.3) is 0 Å². The zero-order valence-electron chi connectivity index (χ0n) is 11.1. The number of halogens is 1. The molecule has 4 heteroatoms. The molecule has 1 unspecified atom stereocenters. The molecule has 1 aromatic carbocycles. The first-order valence-corrected chi connectivity index (χ1v) is 6.75. The van der Waals surface area contributed by atoms with Crippen LogP contribution in [0.25, 0.3) is 5.69 Å². The number of aromatic nitrogens is 2. The number of imidazole rings is 1. The second kappa shape index (κ2) is 5.13. The Morgan fingerprint density at radius 1 is 1.42 bits per heavy atom. The zero-order chi connectivity index (χ0) is 13.2. The lowest BCUT2D eigenvalue weighted by atomic mass is 9.96. The Morgan fingerprint density at radius 3 is 3.05 bits per heavy atom. The molecule has 1 aromatic heterocycles. The zero-order valence-corrected chi connectivity index (χ0v) is 11.1. The highest BCUT2D eigenvalue weighted by Crippen LogP contribution is 2.25. The molecular weight excluding hydrogens is 241 g/mol. The standard InChI is InChI=1S/C15H18FN3/c1-11-7-13(4-5-14(11)16)19-10-18-9-15(19)12-3-2-6-17-8-12/h4-5,7,9-10,12,17H,2-3,6,8H2,1H3. The molecule has 100 valence electrons. The molecule has 1 fully saturated rings. The first-order valence-electron chi connectivity index (χ1n) is 6.75. The molecule has 1 saturated heterocycles. The van der Waals surface area contributed by atoms with E-state index in [9.17, 15) is 4.39 Å². The maximum absolute atomic E-state index is 13.4. The molecule has 0 amide bonds. The predicted molar refractivity (Wildman–Crippen MR) is 73.1 cm³/mol. The summed E-state index contributed by atoms with van der Waals surface area (Å²) in [6.07, 6.45) is 6.12. The third kappa shape index (κ3) is 2.40. The highest BCUT2D eigenvalue weighted by Gasteiger charge is 2.19. The minimum absolute atomic E-state index is 0.162. The molecule has 2 heterocycles. The van der Waals surface area contributed by atoms with Crippen LogP contribution in [0.4, 0.5) is 4.39 Å². The molecule has 0 radical (unpaired) electrons. The maximum Gasteiger partial charge on any atom is 0.126 e. The normalized spacial score (nSPS) is 19.6. The Bertz CT molecular complexity index is 571. The Labute approximate surface area is 112 Å². The summed E-state index contributed by atoms with van der Waals surface area (Å²) in [7, 11) is 0. The van der Waals surface area contributed by atoms with E-state index < -0.39 is 0 Å². The summed E-state index contributed by atoms with van der Waals surface area (Å²) in [4.78, 5) is 4.27. The van der Waals surface area contributed by atoms with Crippen molar-refractivity contribution in [1.82, 2.24) is 14.9 Å². The van der Waals surface area contributed by atoms with E-state index in [1.54, 1.807) is 6.92 Å². The monoisotopic (exact) mass is 259 g/mol. The molecule has 1 aliphatic rings. The Balaban J connectivity index is 1.96. The molecule has 1 N–H and O–H groups in total. The molecule has 19 heavy (non-hydrogen) atoms. The lowest BCUT2D eigenvalue weighted by Gasteiger charge is -2.23. The first kappa shape index (κ1) is 12.4. The molecule has 0 spiro atoms. The average Bonchev–Trinajstić information content (AvgIpc) is 2.92. The Kier molecular flexibility index (Phi) is 3.34. The summed E-state index contributed by atoms with van der Waals surface area (Å²) in [5, 5.41) is 3.42. The van der Waals surface area contributed by atoms with Crippen LogP contribution >= 0.6 is 0 Å². The molecular formula is C15H18FN3. The van der Waals surface area contributed by atoms with E-state index in [1.807, 2.05) is 24.7 Å². The van der Waals surface area contributed by atoms with Gasteiger partial charge in [0.05, 0.1) is 6.33 Å². The second-order valence-electron chi connectivity index (χ2n) is 5.17. The first-order chi connectivity index (χ1) is 9.25. The van der Waals surface area contributed by atoms with Gasteiger partial charge < -0.3 is 9.88 Å². The van der Waals surface area contributed by atoms with E-state index in [2.05, 4.69) is 14.9 Å². The molecule has 0 saturated carbocycles. The van der Waals surface area contributed by atoms with Gasteiger partial charge >= 0.3 is 0 Å². The van der Waals surface area contributed by atoms with Gasteiger partial charge in [0.2, 0.25) is 0 Å². The van der Waals surface area contributed by atoms with Crippen molar-refractivity contribution < 1.29 is 4.39 Å². The molecule has 1 atom stereocenters. The number of nitrogens with one attached hydrogen (secondary N) is 1. The minimum Gasteiger partial charge on any atom is -0.316 e. The number of nitrogens with zero attached hydrogens (tertiary/aromatic N) is 2.